The van der Waals surface area contributed by atoms with Crippen LogP contribution in [0.5, 0.6) is 0 Å². The molecule has 0 spiro atoms. The summed E-state index contributed by atoms with van der Waals surface area (Å²) in [7, 11) is 0. The molecule has 4 aromatic rings. The molecular weight excluding hydrogens is 438 g/mol. The van der Waals surface area contributed by atoms with Gasteiger partial charge in [-0.1, -0.05) is 56.3 Å². The Bertz CT molecular complexity index is 1180. The Morgan fingerprint density at radius 3 is 1.60 bits per heavy atom. The summed E-state index contributed by atoms with van der Waals surface area (Å²) in [4.78, 5) is 25.8. The molecule has 0 aliphatic carbocycles. The largest absolute Gasteiger partial charge is 0.345 e. The normalized spacial score (nSPS) is 10.5. The molecule has 0 saturated heterocycles. The number of rotatable bonds is 10. The van der Waals surface area contributed by atoms with Gasteiger partial charge in [-0.25, -0.2) is 0 Å². The number of nitrogens with one attached hydrogen (secondary N) is 4. The van der Waals surface area contributed by atoms with Crippen molar-refractivity contribution in [2.75, 3.05) is 27.8 Å². The second-order valence-corrected chi connectivity index (χ2v) is 7.92. The molecule has 0 saturated carbocycles. The summed E-state index contributed by atoms with van der Waals surface area (Å²) < 4.78 is 0. The molecule has 1 heterocycles. The highest BCUT2D eigenvalue weighted by Gasteiger charge is 2.10. The molecule has 0 radical (unpaired) electrons. The molecular formula is C27H29N7O. The lowest BCUT2D eigenvalue weighted by atomic mass is 10.1. The topological polar surface area (TPSA) is 104 Å². The third-order valence-corrected chi connectivity index (χ3v) is 5.34. The quantitative estimate of drug-likeness (QED) is 0.243. The number of hydrogen-bond donors (Lipinski definition) is 4. The van der Waals surface area contributed by atoms with Gasteiger partial charge in [0.15, 0.2) is 0 Å². The van der Waals surface area contributed by atoms with E-state index in [9.17, 15) is 4.79 Å². The number of aromatic nitrogens is 3. The number of hydrogen-bond acceptors (Lipinski definition) is 7. The molecule has 178 valence electrons. The summed E-state index contributed by atoms with van der Waals surface area (Å²) >= 11 is 0. The molecule has 8 heteroatoms. The molecule has 1 aromatic heterocycles. The predicted molar refractivity (Wildman–Crippen MR) is 142 cm³/mol. The number of benzene rings is 3. The monoisotopic (exact) mass is 467 g/mol. The first-order chi connectivity index (χ1) is 17.1. The van der Waals surface area contributed by atoms with E-state index < -0.39 is 0 Å². The Kier molecular flexibility index (Phi) is 7.85. The summed E-state index contributed by atoms with van der Waals surface area (Å²) in [6.45, 7) is 4.24. The first-order valence-electron chi connectivity index (χ1n) is 11.7. The highest BCUT2D eigenvalue weighted by atomic mass is 16.1. The maximum absolute atomic E-state index is 12.4. The fourth-order valence-electron chi connectivity index (χ4n) is 3.36. The molecule has 0 aliphatic heterocycles. The maximum Gasteiger partial charge on any atom is 0.243 e. The van der Waals surface area contributed by atoms with E-state index in [0.29, 0.717) is 11.9 Å². The Morgan fingerprint density at radius 1 is 0.629 bits per heavy atom. The van der Waals surface area contributed by atoms with E-state index in [1.807, 2.05) is 54.6 Å². The first kappa shape index (κ1) is 23.7. The number of anilines is 6. The summed E-state index contributed by atoms with van der Waals surface area (Å²) in [6.07, 6.45) is 1.94. The second kappa shape index (κ2) is 11.6. The van der Waals surface area contributed by atoms with Gasteiger partial charge in [0, 0.05) is 17.1 Å². The van der Waals surface area contributed by atoms with E-state index in [0.717, 1.165) is 29.9 Å². The van der Waals surface area contributed by atoms with Crippen LogP contribution in [0.25, 0.3) is 0 Å². The minimum Gasteiger partial charge on any atom is -0.345 e. The van der Waals surface area contributed by atoms with E-state index >= 15 is 0 Å². The third-order valence-electron chi connectivity index (χ3n) is 5.34. The van der Waals surface area contributed by atoms with E-state index in [1.165, 1.54) is 11.1 Å². The molecule has 1 amide bonds. The number of aryl methyl sites for hydroxylation is 2. The second-order valence-electron chi connectivity index (χ2n) is 7.92. The van der Waals surface area contributed by atoms with Gasteiger partial charge in [0.1, 0.15) is 0 Å². The molecule has 3 aromatic carbocycles. The molecule has 0 aliphatic rings. The molecule has 35 heavy (non-hydrogen) atoms. The SMILES string of the molecule is CCc1ccc(Nc2nc(NCC(=O)Nc3ccccc3)nc(Nc3ccc(CC)cc3)n2)cc1. The lowest BCUT2D eigenvalue weighted by molar-refractivity contribution is -0.114. The molecule has 0 fully saturated rings. The van der Waals surface area contributed by atoms with Gasteiger partial charge < -0.3 is 21.3 Å². The van der Waals surface area contributed by atoms with Crippen molar-refractivity contribution in [1.29, 1.82) is 0 Å². The average molecular weight is 468 g/mol. The van der Waals surface area contributed by atoms with Crippen molar-refractivity contribution in [3.63, 3.8) is 0 Å². The van der Waals surface area contributed by atoms with Crippen LogP contribution in [-0.2, 0) is 17.6 Å². The van der Waals surface area contributed by atoms with Gasteiger partial charge in [0.2, 0.25) is 23.8 Å². The van der Waals surface area contributed by atoms with E-state index in [-0.39, 0.29) is 18.4 Å². The summed E-state index contributed by atoms with van der Waals surface area (Å²) in [6, 6.07) is 25.5. The summed E-state index contributed by atoms with van der Waals surface area (Å²) in [5, 5.41) is 12.3. The van der Waals surface area contributed by atoms with Gasteiger partial charge in [-0.05, 0) is 60.4 Å². The van der Waals surface area contributed by atoms with Crippen molar-refractivity contribution in [3.05, 3.63) is 90.0 Å². The van der Waals surface area contributed by atoms with Crippen LogP contribution in [-0.4, -0.2) is 27.4 Å². The number of nitrogens with zero attached hydrogens (tertiary/aromatic N) is 3. The van der Waals surface area contributed by atoms with Crippen LogP contribution < -0.4 is 21.3 Å². The molecule has 8 nitrogen and oxygen atoms in total. The lowest BCUT2D eigenvalue weighted by Gasteiger charge is -2.12. The van der Waals surface area contributed by atoms with Crippen LogP contribution in [0.1, 0.15) is 25.0 Å². The zero-order chi connectivity index (χ0) is 24.5. The van der Waals surface area contributed by atoms with E-state index in [4.69, 9.17) is 0 Å². The Labute approximate surface area is 205 Å². The van der Waals surface area contributed by atoms with Gasteiger partial charge >= 0.3 is 0 Å². The van der Waals surface area contributed by atoms with Crippen LogP contribution in [0, 0.1) is 0 Å². The van der Waals surface area contributed by atoms with Gasteiger partial charge in [0.25, 0.3) is 0 Å². The van der Waals surface area contributed by atoms with Gasteiger partial charge in [-0.2, -0.15) is 15.0 Å². The number of para-hydroxylation sites is 1. The smallest absolute Gasteiger partial charge is 0.243 e. The highest BCUT2D eigenvalue weighted by Crippen LogP contribution is 2.20. The number of carbonyl (C=O) groups excluding carboxylic acids is 1. The fraction of sp³-hybridized carbons (Fsp3) is 0.185. The Morgan fingerprint density at radius 2 is 1.11 bits per heavy atom. The van der Waals surface area contributed by atoms with Gasteiger partial charge in [-0.15, -0.1) is 0 Å². The van der Waals surface area contributed by atoms with Crippen LogP contribution in [0.2, 0.25) is 0 Å². The Hall–Kier alpha value is -4.46. The van der Waals surface area contributed by atoms with Crippen molar-refractivity contribution in [1.82, 2.24) is 15.0 Å². The third kappa shape index (κ3) is 7.01. The summed E-state index contributed by atoms with van der Waals surface area (Å²) in [5.41, 5.74) is 4.94. The van der Waals surface area contributed by atoms with Crippen LogP contribution >= 0.6 is 0 Å². The minimum absolute atomic E-state index is 0.00812. The summed E-state index contributed by atoms with van der Waals surface area (Å²) in [5.74, 6) is 0.806. The predicted octanol–water partition coefficient (Wildman–Crippen LogP) is 5.53. The number of amides is 1. The van der Waals surface area contributed by atoms with Crippen LogP contribution in [0.3, 0.4) is 0 Å². The van der Waals surface area contributed by atoms with Gasteiger partial charge in [-0.3, -0.25) is 4.79 Å². The van der Waals surface area contributed by atoms with Crippen molar-refractivity contribution >= 4 is 40.8 Å². The first-order valence-corrected chi connectivity index (χ1v) is 11.7. The molecule has 4 N–H and O–H groups in total. The van der Waals surface area contributed by atoms with Crippen molar-refractivity contribution in [2.24, 2.45) is 0 Å². The molecule has 4 rings (SSSR count). The molecule has 0 unspecified atom stereocenters. The van der Waals surface area contributed by atoms with E-state index in [2.05, 4.69) is 74.3 Å². The number of carbonyl (C=O) groups is 1. The van der Waals surface area contributed by atoms with Crippen LogP contribution in [0.15, 0.2) is 78.9 Å². The van der Waals surface area contributed by atoms with E-state index in [1.54, 1.807) is 0 Å². The van der Waals surface area contributed by atoms with Crippen LogP contribution in [0.4, 0.5) is 34.9 Å². The molecule has 0 atom stereocenters. The zero-order valence-corrected chi connectivity index (χ0v) is 19.9. The van der Waals surface area contributed by atoms with Gasteiger partial charge in [0.05, 0.1) is 6.54 Å². The van der Waals surface area contributed by atoms with Crippen molar-refractivity contribution in [3.8, 4) is 0 Å². The average Bonchev–Trinajstić information content (AvgIpc) is 2.89. The fourth-order valence-corrected chi connectivity index (χ4v) is 3.36. The molecule has 0 bridgehead atoms. The standard InChI is InChI=1S/C27H29N7O/c1-3-19-10-14-22(15-11-19)30-26-32-25(28-18-24(35)29-21-8-6-5-7-9-21)33-27(34-26)31-23-16-12-20(4-2)13-17-23/h5-17H,3-4,18H2,1-2H3,(H,29,35)(H3,28,30,31,32,33,34). The van der Waals surface area contributed by atoms with Crippen molar-refractivity contribution in [2.45, 2.75) is 26.7 Å². The Balaban J connectivity index is 1.51. The lowest BCUT2D eigenvalue weighted by Crippen LogP contribution is -2.23. The maximum atomic E-state index is 12.4. The highest BCUT2D eigenvalue weighted by molar-refractivity contribution is 5.93. The minimum atomic E-state index is -0.203. The van der Waals surface area contributed by atoms with Crippen molar-refractivity contribution < 1.29 is 4.79 Å². The zero-order valence-electron chi connectivity index (χ0n) is 19.9.